The molecule has 0 atom stereocenters. The maximum Gasteiger partial charge on any atom is 0.332 e. The third kappa shape index (κ3) is 5.92. The van der Waals surface area contributed by atoms with Gasteiger partial charge in [-0.1, -0.05) is 62.9 Å². The van der Waals surface area contributed by atoms with E-state index in [0.717, 1.165) is 32.2 Å². The minimum Gasteiger partial charge on any atom is -0.528 e. The molecular formula is C33H28FN4O6S-. The van der Waals surface area contributed by atoms with Crippen LogP contribution in [0.3, 0.4) is 0 Å². The molecule has 0 unspecified atom stereocenters. The fraction of sp³-hybridized carbons (Fsp3) is 0.182. The molecule has 3 aromatic heterocycles. The Morgan fingerprint density at radius 3 is 2.40 bits per heavy atom. The minimum absolute atomic E-state index is 0. The van der Waals surface area contributed by atoms with Gasteiger partial charge in [0.25, 0.3) is 5.56 Å². The molecule has 0 aliphatic carbocycles. The Morgan fingerprint density at radius 1 is 1.02 bits per heavy atom. The number of rotatable bonds is 9. The number of thiophene rings is 1. The molecule has 0 saturated carbocycles. The highest BCUT2D eigenvalue weighted by molar-refractivity contribution is 7.18. The molecule has 6 aromatic rings. The number of methoxy groups -OCH3 is 1. The second-order valence-corrected chi connectivity index (χ2v) is 11.1. The van der Waals surface area contributed by atoms with E-state index in [9.17, 15) is 23.9 Å². The van der Waals surface area contributed by atoms with Gasteiger partial charge in [-0.15, -0.1) is 11.3 Å². The average molecular weight is 628 g/mol. The van der Waals surface area contributed by atoms with Gasteiger partial charge in [0, 0.05) is 16.0 Å². The zero-order chi connectivity index (χ0) is 31.0. The molecule has 0 radical (unpaired) electrons. The maximum absolute atomic E-state index is 14.3. The van der Waals surface area contributed by atoms with E-state index in [-0.39, 0.29) is 31.1 Å². The lowest BCUT2D eigenvalue weighted by Gasteiger charge is -2.13. The molecule has 0 aliphatic heterocycles. The molecular weight excluding hydrogens is 599 g/mol. The summed E-state index contributed by atoms with van der Waals surface area (Å²) in [5, 5.41) is 15.5. The molecule has 230 valence electrons. The Labute approximate surface area is 260 Å². The van der Waals surface area contributed by atoms with E-state index in [1.807, 2.05) is 49.4 Å². The predicted octanol–water partition coefficient (Wildman–Crippen LogP) is 5.29. The highest BCUT2D eigenvalue weighted by atomic mass is 32.1. The van der Waals surface area contributed by atoms with E-state index in [2.05, 4.69) is 14.7 Å². The van der Waals surface area contributed by atoms with Gasteiger partial charge >= 0.3 is 5.69 Å². The number of halogens is 1. The smallest absolute Gasteiger partial charge is 0.332 e. The van der Waals surface area contributed by atoms with Crippen LogP contribution in [0, 0.1) is 5.82 Å². The quantitative estimate of drug-likeness (QED) is 0.198. The van der Waals surface area contributed by atoms with Crippen LogP contribution in [-0.4, -0.2) is 32.2 Å². The summed E-state index contributed by atoms with van der Waals surface area (Å²) in [7, 11) is 1.32. The Balaban J connectivity index is 0.00000400. The lowest BCUT2D eigenvalue weighted by Crippen LogP contribution is -2.41. The first-order valence-electron chi connectivity index (χ1n) is 13.6. The van der Waals surface area contributed by atoms with Crippen LogP contribution in [0.4, 0.5) is 4.39 Å². The molecule has 0 spiro atoms. The summed E-state index contributed by atoms with van der Waals surface area (Å²) in [6, 6.07) is 20.3. The van der Waals surface area contributed by atoms with Crippen molar-refractivity contribution in [1.82, 2.24) is 19.3 Å². The number of hydrogen-bond donors (Lipinski definition) is 0. The maximum atomic E-state index is 14.3. The SMILES string of the molecule is C.CCc1cc2c(=O)n(CC(=O)c3ccc(OC)c(F)c3)c(=O)n(Cc3ccc(-c4ccccc4-c4noc([O-])n4)cc3)c2s1. The molecule has 0 fully saturated rings. The van der Waals surface area contributed by atoms with E-state index >= 15 is 0 Å². The first-order valence-corrected chi connectivity index (χ1v) is 14.4. The standard InChI is InChI=1S/C32H25FN4O6S.CH4/c1-3-21-15-24-29(39)36(17-26(38)20-12-13-27(42-2)25(33)14-20)32(41)37(30(24)44-21)16-18-8-10-19(11-9-18)22-6-4-5-7-23(22)28-34-31(40)43-35-28;/h4-15H,3,16-17H2,1-2H3,(H,34,35,40);1H4/p-1. The zero-order valence-electron chi connectivity index (χ0n) is 23.6. The number of carbonyl (C=O) groups excluding carboxylic acids is 1. The van der Waals surface area contributed by atoms with Crippen LogP contribution < -0.4 is 21.1 Å². The molecule has 0 N–H and O–H groups in total. The first kappa shape index (κ1) is 31.1. The number of fused-ring (bicyclic) bond motifs is 1. The normalized spacial score (nSPS) is 11.0. The Kier molecular flexibility index (Phi) is 8.77. The predicted molar refractivity (Wildman–Crippen MR) is 167 cm³/mol. The van der Waals surface area contributed by atoms with Crippen molar-refractivity contribution in [3.05, 3.63) is 115 Å². The van der Waals surface area contributed by atoms with Crippen LogP contribution in [0.25, 0.3) is 32.7 Å². The number of aromatic nitrogens is 4. The summed E-state index contributed by atoms with van der Waals surface area (Å²) in [4.78, 5) is 45.5. The summed E-state index contributed by atoms with van der Waals surface area (Å²) in [5.74, 6) is -1.14. The topological polar surface area (TPSA) is 132 Å². The van der Waals surface area contributed by atoms with E-state index < -0.39 is 35.5 Å². The van der Waals surface area contributed by atoms with Gasteiger partial charge in [-0.25, -0.2) is 14.2 Å². The molecule has 0 amide bonds. The molecule has 3 heterocycles. The van der Waals surface area contributed by atoms with Gasteiger partial charge in [-0.05, 0) is 47.4 Å². The monoisotopic (exact) mass is 627 g/mol. The van der Waals surface area contributed by atoms with Crippen molar-refractivity contribution in [2.75, 3.05) is 7.11 Å². The lowest BCUT2D eigenvalue weighted by molar-refractivity contribution is -0.303. The molecule has 0 bridgehead atoms. The number of ether oxygens (including phenoxy) is 1. The Morgan fingerprint density at radius 2 is 1.76 bits per heavy atom. The molecule has 0 aliphatic rings. The number of aryl methyl sites for hydroxylation is 1. The van der Waals surface area contributed by atoms with Crippen LogP contribution in [0.15, 0.2) is 86.9 Å². The summed E-state index contributed by atoms with van der Waals surface area (Å²) in [6.45, 7) is 1.54. The highest BCUT2D eigenvalue weighted by Crippen LogP contribution is 2.31. The summed E-state index contributed by atoms with van der Waals surface area (Å²) in [5.41, 5.74) is 1.81. The van der Waals surface area contributed by atoms with Crippen molar-refractivity contribution in [3.63, 3.8) is 0 Å². The van der Waals surface area contributed by atoms with Crippen LogP contribution in [0.5, 0.6) is 11.8 Å². The Hall–Kier alpha value is -5.36. The number of benzene rings is 3. The van der Waals surface area contributed by atoms with Crippen molar-refractivity contribution in [2.24, 2.45) is 0 Å². The van der Waals surface area contributed by atoms with Crippen LogP contribution in [0.2, 0.25) is 0 Å². The number of ketones is 1. The van der Waals surface area contributed by atoms with Crippen molar-refractivity contribution >= 4 is 27.3 Å². The van der Waals surface area contributed by atoms with Crippen molar-refractivity contribution < 1.29 is 23.6 Å². The average Bonchev–Trinajstić information content (AvgIpc) is 3.68. The number of nitrogens with zero attached hydrogens (tertiary/aromatic N) is 4. The van der Waals surface area contributed by atoms with Gasteiger partial charge in [0.15, 0.2) is 29.3 Å². The molecule has 12 heteroatoms. The third-order valence-corrected chi connectivity index (χ3v) is 8.55. The second-order valence-electron chi connectivity index (χ2n) is 9.94. The van der Waals surface area contributed by atoms with Crippen molar-refractivity contribution in [2.45, 2.75) is 33.9 Å². The summed E-state index contributed by atoms with van der Waals surface area (Å²) in [6.07, 6.45) is -0.111. The van der Waals surface area contributed by atoms with Crippen LogP contribution in [0.1, 0.15) is 35.1 Å². The zero-order valence-corrected chi connectivity index (χ0v) is 24.4. The fourth-order valence-electron chi connectivity index (χ4n) is 5.00. The first-order chi connectivity index (χ1) is 21.3. The number of hydrogen-bond acceptors (Lipinski definition) is 9. The van der Waals surface area contributed by atoms with Gasteiger partial charge < -0.3 is 14.4 Å². The van der Waals surface area contributed by atoms with Gasteiger partial charge in [-0.3, -0.25) is 18.7 Å². The second kappa shape index (κ2) is 12.7. The van der Waals surface area contributed by atoms with Gasteiger partial charge in [0.1, 0.15) is 4.83 Å². The Bertz CT molecular complexity index is 2150. The largest absolute Gasteiger partial charge is 0.528 e. The third-order valence-electron chi connectivity index (χ3n) is 7.25. The van der Waals surface area contributed by atoms with Gasteiger partial charge in [0.2, 0.25) is 0 Å². The van der Waals surface area contributed by atoms with E-state index in [0.29, 0.717) is 22.2 Å². The van der Waals surface area contributed by atoms with Gasteiger partial charge in [0.05, 0.1) is 25.6 Å². The molecule has 0 saturated heterocycles. The fourth-order valence-corrected chi connectivity index (χ4v) is 6.08. The van der Waals surface area contributed by atoms with Crippen LogP contribution in [-0.2, 0) is 19.5 Å². The van der Waals surface area contributed by atoms with Crippen molar-refractivity contribution in [3.8, 4) is 34.3 Å². The van der Waals surface area contributed by atoms with Crippen molar-refractivity contribution in [1.29, 1.82) is 0 Å². The lowest BCUT2D eigenvalue weighted by atomic mass is 9.98. The molecule has 3 aromatic carbocycles. The molecule has 10 nitrogen and oxygen atoms in total. The summed E-state index contributed by atoms with van der Waals surface area (Å²) < 4.78 is 26.2. The number of Topliss-reactive ketones (excluding diaryl/α,β-unsaturated/α-hetero) is 1. The van der Waals surface area contributed by atoms with Gasteiger partial charge in [-0.2, -0.15) is 5.16 Å². The number of carbonyl (C=O) groups is 1. The minimum atomic E-state index is -0.777. The van der Waals surface area contributed by atoms with E-state index in [1.165, 1.54) is 35.1 Å². The highest BCUT2D eigenvalue weighted by Gasteiger charge is 2.20. The summed E-state index contributed by atoms with van der Waals surface area (Å²) >= 11 is 1.36. The van der Waals surface area contributed by atoms with E-state index in [1.54, 1.807) is 12.1 Å². The van der Waals surface area contributed by atoms with Crippen LogP contribution >= 0.6 is 11.3 Å². The molecule has 6 rings (SSSR count). The van der Waals surface area contributed by atoms with E-state index in [4.69, 9.17) is 4.74 Å². The molecule has 45 heavy (non-hydrogen) atoms.